The van der Waals surface area contributed by atoms with Gasteiger partial charge in [0, 0.05) is 17.2 Å². The predicted octanol–water partition coefficient (Wildman–Crippen LogP) is 3.81. The number of hydrogen-bond acceptors (Lipinski definition) is 5. The van der Waals surface area contributed by atoms with Crippen LogP contribution in [0, 0.1) is 11.7 Å². The Bertz CT molecular complexity index is 719. The summed E-state index contributed by atoms with van der Waals surface area (Å²) in [6, 6.07) is 6.64. The van der Waals surface area contributed by atoms with Gasteiger partial charge in [0.15, 0.2) is 5.17 Å². The summed E-state index contributed by atoms with van der Waals surface area (Å²) in [5.41, 5.74) is -0.842. The lowest BCUT2D eigenvalue weighted by Gasteiger charge is -2.46. The van der Waals surface area contributed by atoms with Crippen LogP contribution in [0.2, 0.25) is 0 Å². The topological polar surface area (TPSA) is 70.9 Å². The average molecular weight is 380 g/mol. The molecule has 3 rings (SSSR count). The zero-order valence-electron chi connectivity index (χ0n) is 15.3. The molecule has 2 N–H and O–H groups in total. The quantitative estimate of drug-likeness (QED) is 0.777. The third-order valence-corrected chi connectivity index (χ3v) is 5.80. The van der Waals surface area contributed by atoms with E-state index < -0.39 is 23.3 Å². The molecule has 1 heterocycles. The Morgan fingerprint density at radius 1 is 1.42 bits per heavy atom. The molecule has 7 heteroatoms. The van der Waals surface area contributed by atoms with E-state index in [1.807, 2.05) is 0 Å². The minimum Gasteiger partial charge on any atom is -0.444 e. The summed E-state index contributed by atoms with van der Waals surface area (Å²) in [7, 11) is 0. The molecular formula is C19H25FN2O3S. The van der Waals surface area contributed by atoms with Crippen LogP contribution in [0.5, 0.6) is 0 Å². The van der Waals surface area contributed by atoms with E-state index in [-0.39, 0.29) is 11.7 Å². The Hall–Kier alpha value is -1.60. The van der Waals surface area contributed by atoms with Crippen molar-refractivity contribution >= 4 is 23.0 Å². The number of nitrogens with zero attached hydrogens (tertiary/aromatic N) is 1. The summed E-state index contributed by atoms with van der Waals surface area (Å²) in [4.78, 5) is 16.9. The van der Waals surface area contributed by atoms with E-state index in [1.54, 1.807) is 39.0 Å². The molecule has 142 valence electrons. The Labute approximate surface area is 157 Å². The minimum absolute atomic E-state index is 0.0114. The van der Waals surface area contributed by atoms with Gasteiger partial charge in [-0.25, -0.2) is 9.18 Å². The third kappa shape index (κ3) is 4.04. The highest BCUT2D eigenvalue weighted by molar-refractivity contribution is 8.13. The number of amides is 1. The first-order chi connectivity index (χ1) is 12.2. The van der Waals surface area contributed by atoms with Crippen LogP contribution in [0.3, 0.4) is 0 Å². The summed E-state index contributed by atoms with van der Waals surface area (Å²) in [6.45, 7) is 5.38. The molecule has 1 aromatic carbocycles. The average Bonchev–Trinajstić information content (AvgIpc) is 2.53. The lowest BCUT2D eigenvalue weighted by molar-refractivity contribution is 0.0545. The number of aliphatic hydroxyl groups excluding tert-OH is 1. The van der Waals surface area contributed by atoms with Crippen LogP contribution in [-0.4, -0.2) is 33.8 Å². The largest absolute Gasteiger partial charge is 0.444 e. The Morgan fingerprint density at radius 2 is 2.15 bits per heavy atom. The number of hydrogen-bond donors (Lipinski definition) is 2. The zero-order valence-corrected chi connectivity index (χ0v) is 16.1. The number of rotatable bonds is 1. The molecule has 0 spiro atoms. The van der Waals surface area contributed by atoms with Crippen LogP contribution < -0.4 is 5.32 Å². The molecule has 1 aliphatic carbocycles. The molecule has 1 aliphatic heterocycles. The number of halogens is 1. The Morgan fingerprint density at radius 3 is 2.85 bits per heavy atom. The van der Waals surface area contributed by atoms with Gasteiger partial charge in [-0.15, -0.1) is 0 Å². The molecule has 2 aliphatic rings. The number of carbonyl (C=O) groups excluding carboxylic acids is 1. The Kier molecular flexibility index (Phi) is 5.30. The van der Waals surface area contributed by atoms with Crippen molar-refractivity contribution in [3.8, 4) is 0 Å². The summed E-state index contributed by atoms with van der Waals surface area (Å²) in [6.07, 6.45) is 0.709. The van der Waals surface area contributed by atoms with Crippen LogP contribution in [-0.2, 0) is 10.3 Å². The van der Waals surface area contributed by atoms with Gasteiger partial charge in [-0.3, -0.25) is 10.3 Å². The molecule has 1 amide bonds. The number of benzene rings is 1. The number of thioether (sulfide) groups is 1. The van der Waals surface area contributed by atoms with E-state index >= 15 is 0 Å². The summed E-state index contributed by atoms with van der Waals surface area (Å²) in [5, 5.41) is 13.2. The molecule has 1 aromatic rings. The maximum Gasteiger partial charge on any atom is 0.413 e. The molecular weight excluding hydrogens is 355 g/mol. The summed E-state index contributed by atoms with van der Waals surface area (Å²) in [5.74, 6) is 0.360. The van der Waals surface area contributed by atoms with Crippen molar-refractivity contribution < 1.29 is 19.0 Å². The van der Waals surface area contributed by atoms with Crippen molar-refractivity contribution in [1.82, 2.24) is 5.32 Å². The molecule has 1 saturated carbocycles. The molecule has 0 radical (unpaired) electrons. The first-order valence-corrected chi connectivity index (χ1v) is 9.84. The number of alkyl carbamates (subject to hydrolysis) is 1. The van der Waals surface area contributed by atoms with Gasteiger partial charge in [0.2, 0.25) is 0 Å². The standard InChI is InChI=1S/C19H25FN2O3S/c1-18(2,3)25-17(24)21-16-22-19(14-6-4-5-7-15(14)20)9-8-13(23)10-12(19)11-26-16/h4-7,12-13,23H,8-11H2,1-3H3,(H,21,22,24)/t12-,13?,19-/m0/s1. The van der Waals surface area contributed by atoms with E-state index in [4.69, 9.17) is 9.73 Å². The van der Waals surface area contributed by atoms with Gasteiger partial charge < -0.3 is 9.84 Å². The predicted molar refractivity (Wildman–Crippen MR) is 101 cm³/mol. The lowest BCUT2D eigenvalue weighted by Crippen LogP contribution is -2.48. The highest BCUT2D eigenvalue weighted by atomic mass is 32.2. The van der Waals surface area contributed by atoms with E-state index in [2.05, 4.69) is 5.32 Å². The van der Waals surface area contributed by atoms with Crippen LogP contribution in [0.25, 0.3) is 0 Å². The number of nitrogens with one attached hydrogen (secondary N) is 1. The fourth-order valence-electron chi connectivity index (χ4n) is 3.66. The maximum absolute atomic E-state index is 14.6. The van der Waals surface area contributed by atoms with Crippen molar-refractivity contribution in [1.29, 1.82) is 0 Å². The van der Waals surface area contributed by atoms with Gasteiger partial charge in [0.1, 0.15) is 11.4 Å². The van der Waals surface area contributed by atoms with Crippen LogP contribution in [0.1, 0.15) is 45.6 Å². The highest BCUT2D eigenvalue weighted by Gasteiger charge is 2.48. The first kappa shape index (κ1) is 19.2. The number of ether oxygens (including phenoxy) is 1. The van der Waals surface area contributed by atoms with Gasteiger partial charge >= 0.3 is 6.09 Å². The third-order valence-electron chi connectivity index (χ3n) is 4.76. The zero-order chi connectivity index (χ0) is 18.9. The lowest BCUT2D eigenvalue weighted by atomic mass is 9.69. The number of fused-ring (bicyclic) bond motifs is 1. The molecule has 0 bridgehead atoms. The fourth-order valence-corrected chi connectivity index (χ4v) is 4.81. The van der Waals surface area contributed by atoms with Gasteiger partial charge in [-0.2, -0.15) is 0 Å². The van der Waals surface area contributed by atoms with Gasteiger partial charge in [0.05, 0.1) is 11.6 Å². The minimum atomic E-state index is -0.764. The number of amidine groups is 1. The van der Waals surface area contributed by atoms with Crippen molar-refractivity contribution in [3.05, 3.63) is 35.6 Å². The van der Waals surface area contributed by atoms with Gasteiger partial charge in [-0.05, 0) is 46.1 Å². The van der Waals surface area contributed by atoms with E-state index in [0.717, 1.165) is 0 Å². The number of carbonyl (C=O) groups is 1. The van der Waals surface area contributed by atoms with Crippen LogP contribution in [0.4, 0.5) is 9.18 Å². The number of aliphatic imine (C=N–C) groups is 1. The van der Waals surface area contributed by atoms with E-state index in [1.165, 1.54) is 17.8 Å². The second kappa shape index (κ2) is 7.19. The van der Waals surface area contributed by atoms with Gasteiger partial charge in [-0.1, -0.05) is 30.0 Å². The van der Waals surface area contributed by atoms with Crippen LogP contribution in [0.15, 0.2) is 29.3 Å². The van der Waals surface area contributed by atoms with Crippen molar-refractivity contribution in [2.24, 2.45) is 10.9 Å². The monoisotopic (exact) mass is 380 g/mol. The molecule has 26 heavy (non-hydrogen) atoms. The van der Waals surface area contributed by atoms with Crippen molar-refractivity contribution in [3.63, 3.8) is 0 Å². The van der Waals surface area contributed by atoms with Crippen molar-refractivity contribution in [2.45, 2.75) is 57.3 Å². The molecule has 3 atom stereocenters. The van der Waals surface area contributed by atoms with Crippen LogP contribution >= 0.6 is 11.8 Å². The Balaban J connectivity index is 1.93. The first-order valence-electron chi connectivity index (χ1n) is 8.85. The second-order valence-electron chi connectivity index (χ2n) is 7.88. The molecule has 0 aromatic heterocycles. The van der Waals surface area contributed by atoms with E-state index in [0.29, 0.717) is 35.7 Å². The molecule has 1 fully saturated rings. The molecule has 0 saturated heterocycles. The normalized spacial score (nSPS) is 28.7. The smallest absolute Gasteiger partial charge is 0.413 e. The SMILES string of the molecule is CC(C)(C)OC(=O)NC1=N[C@@]2(c3ccccc3F)CCC(O)C[C@H]2CS1. The van der Waals surface area contributed by atoms with E-state index in [9.17, 15) is 14.3 Å². The van der Waals surface area contributed by atoms with Gasteiger partial charge in [0.25, 0.3) is 0 Å². The fraction of sp³-hybridized carbons (Fsp3) is 0.579. The summed E-state index contributed by atoms with van der Waals surface area (Å²) < 4.78 is 19.9. The maximum atomic E-state index is 14.6. The summed E-state index contributed by atoms with van der Waals surface area (Å²) >= 11 is 1.41. The molecule has 1 unspecified atom stereocenters. The second-order valence-corrected chi connectivity index (χ2v) is 8.89. The molecule has 5 nitrogen and oxygen atoms in total. The highest BCUT2D eigenvalue weighted by Crippen LogP contribution is 2.49. The van der Waals surface area contributed by atoms with Crippen molar-refractivity contribution in [2.75, 3.05) is 5.75 Å². The number of aliphatic hydroxyl groups is 1.